The Morgan fingerprint density at radius 2 is 1.59 bits per heavy atom. The van der Waals surface area contributed by atoms with Crippen LogP contribution in [0.25, 0.3) is 0 Å². The van der Waals surface area contributed by atoms with Crippen LogP contribution in [0.15, 0.2) is 83.9 Å². The molecule has 5 nitrogen and oxygen atoms in total. The lowest BCUT2D eigenvalue weighted by atomic mass is 10.1. The molecule has 2 aromatic carbocycles. The molecule has 0 radical (unpaired) electrons. The van der Waals surface area contributed by atoms with Crippen LogP contribution in [0.5, 0.6) is 0 Å². The first-order valence-electron chi connectivity index (χ1n) is 8.87. The summed E-state index contributed by atoms with van der Waals surface area (Å²) < 4.78 is 27.3. The molecule has 3 aromatic rings. The minimum absolute atomic E-state index is 0.0672. The van der Waals surface area contributed by atoms with E-state index >= 15 is 0 Å². The number of nitrogens with one attached hydrogen (secondary N) is 1. The minimum atomic E-state index is -3.66. The van der Waals surface area contributed by atoms with Gasteiger partial charge in [0.05, 0.1) is 5.69 Å². The van der Waals surface area contributed by atoms with Crippen molar-refractivity contribution in [2.45, 2.75) is 24.8 Å². The van der Waals surface area contributed by atoms with Gasteiger partial charge in [0, 0.05) is 18.8 Å². The maximum Gasteiger partial charge on any atom is 0.265 e. The third-order valence-electron chi connectivity index (χ3n) is 4.32. The van der Waals surface area contributed by atoms with Crippen molar-refractivity contribution in [3.63, 3.8) is 0 Å². The van der Waals surface area contributed by atoms with E-state index in [9.17, 15) is 8.42 Å². The van der Waals surface area contributed by atoms with E-state index in [0.717, 1.165) is 5.56 Å². The highest BCUT2D eigenvalue weighted by molar-refractivity contribution is 7.92. The standard InChI is InChI=1S/C21H23N3O2S/c1-3-24(19-12-8-5-9-13-19)27(25,26)20-14-15-21(22-16-20)23-17(2)18-10-6-4-7-11-18/h4-17H,3H2,1-2H3,(H,22,23)/t17-/m0/s1. The van der Waals surface area contributed by atoms with Gasteiger partial charge in [-0.05, 0) is 43.7 Å². The van der Waals surface area contributed by atoms with Crippen LogP contribution >= 0.6 is 0 Å². The fourth-order valence-electron chi connectivity index (χ4n) is 2.88. The van der Waals surface area contributed by atoms with Crippen molar-refractivity contribution in [3.8, 4) is 0 Å². The van der Waals surface area contributed by atoms with Crippen molar-refractivity contribution >= 4 is 21.5 Å². The topological polar surface area (TPSA) is 62.3 Å². The van der Waals surface area contributed by atoms with Crippen molar-refractivity contribution in [1.29, 1.82) is 0 Å². The van der Waals surface area contributed by atoms with Gasteiger partial charge < -0.3 is 5.32 Å². The molecule has 0 bridgehead atoms. The van der Waals surface area contributed by atoms with E-state index in [0.29, 0.717) is 18.1 Å². The van der Waals surface area contributed by atoms with E-state index < -0.39 is 10.0 Å². The van der Waals surface area contributed by atoms with Crippen LogP contribution in [0.3, 0.4) is 0 Å². The van der Waals surface area contributed by atoms with Crippen LogP contribution < -0.4 is 9.62 Å². The van der Waals surface area contributed by atoms with Crippen LogP contribution in [-0.4, -0.2) is 19.9 Å². The third-order valence-corrected chi connectivity index (χ3v) is 6.21. The van der Waals surface area contributed by atoms with E-state index in [1.54, 1.807) is 24.3 Å². The molecule has 1 atom stereocenters. The predicted molar refractivity (Wildman–Crippen MR) is 109 cm³/mol. The first-order chi connectivity index (χ1) is 13.0. The predicted octanol–water partition coefficient (Wildman–Crippen LogP) is 4.47. The number of nitrogens with zero attached hydrogens (tertiary/aromatic N) is 2. The molecule has 0 unspecified atom stereocenters. The first kappa shape index (κ1) is 18.9. The summed E-state index contributed by atoms with van der Waals surface area (Å²) in [5.41, 5.74) is 1.78. The number of hydrogen-bond acceptors (Lipinski definition) is 4. The van der Waals surface area contributed by atoms with Crippen LogP contribution in [0.4, 0.5) is 11.5 Å². The highest BCUT2D eigenvalue weighted by atomic mass is 32.2. The van der Waals surface area contributed by atoms with E-state index in [-0.39, 0.29) is 10.9 Å². The van der Waals surface area contributed by atoms with Gasteiger partial charge in [-0.1, -0.05) is 48.5 Å². The third kappa shape index (κ3) is 4.28. The number of para-hydroxylation sites is 1. The van der Waals surface area contributed by atoms with Gasteiger partial charge in [-0.3, -0.25) is 4.31 Å². The fourth-order valence-corrected chi connectivity index (χ4v) is 4.30. The summed E-state index contributed by atoms with van der Waals surface area (Å²) in [4.78, 5) is 4.48. The Morgan fingerprint density at radius 3 is 2.15 bits per heavy atom. The fraction of sp³-hybridized carbons (Fsp3) is 0.190. The number of hydrogen-bond donors (Lipinski definition) is 1. The van der Waals surface area contributed by atoms with Crippen molar-refractivity contribution in [2.75, 3.05) is 16.2 Å². The molecule has 3 rings (SSSR count). The zero-order valence-corrected chi connectivity index (χ0v) is 16.2. The van der Waals surface area contributed by atoms with Gasteiger partial charge in [0.2, 0.25) is 0 Å². The molecular formula is C21H23N3O2S. The number of anilines is 2. The second-order valence-corrected chi connectivity index (χ2v) is 8.02. The largest absolute Gasteiger partial charge is 0.364 e. The molecule has 0 spiro atoms. The number of rotatable bonds is 7. The molecule has 0 amide bonds. The molecule has 0 saturated heterocycles. The summed E-state index contributed by atoms with van der Waals surface area (Å²) in [6.45, 7) is 4.20. The lowest BCUT2D eigenvalue weighted by molar-refractivity contribution is 0.591. The van der Waals surface area contributed by atoms with Gasteiger partial charge in [0.25, 0.3) is 10.0 Å². The van der Waals surface area contributed by atoms with Gasteiger partial charge in [-0.15, -0.1) is 0 Å². The lowest BCUT2D eigenvalue weighted by Crippen LogP contribution is -2.30. The quantitative estimate of drug-likeness (QED) is 0.656. The van der Waals surface area contributed by atoms with Crippen LogP contribution in [0.2, 0.25) is 0 Å². The molecule has 140 valence electrons. The Balaban J connectivity index is 1.79. The maximum absolute atomic E-state index is 13.0. The Hall–Kier alpha value is -2.86. The van der Waals surface area contributed by atoms with Crippen molar-refractivity contribution in [1.82, 2.24) is 4.98 Å². The summed E-state index contributed by atoms with van der Waals surface area (Å²) in [6, 6.07) is 22.5. The van der Waals surface area contributed by atoms with Gasteiger partial charge in [-0.2, -0.15) is 0 Å². The molecule has 0 aliphatic heterocycles. The summed E-state index contributed by atoms with van der Waals surface area (Å²) in [5.74, 6) is 0.632. The second-order valence-electron chi connectivity index (χ2n) is 6.16. The normalized spacial score (nSPS) is 12.4. The Morgan fingerprint density at radius 1 is 0.963 bits per heavy atom. The second kappa shape index (κ2) is 8.22. The van der Waals surface area contributed by atoms with Crippen molar-refractivity contribution in [2.24, 2.45) is 0 Å². The molecule has 27 heavy (non-hydrogen) atoms. The van der Waals surface area contributed by atoms with Crippen LogP contribution in [-0.2, 0) is 10.0 Å². The highest BCUT2D eigenvalue weighted by Crippen LogP contribution is 2.24. The molecule has 1 aromatic heterocycles. The molecule has 6 heteroatoms. The smallest absolute Gasteiger partial charge is 0.265 e. The molecular weight excluding hydrogens is 358 g/mol. The van der Waals surface area contributed by atoms with Gasteiger partial charge in [-0.25, -0.2) is 13.4 Å². The summed E-state index contributed by atoms with van der Waals surface area (Å²) >= 11 is 0. The van der Waals surface area contributed by atoms with E-state index in [1.165, 1.54) is 10.5 Å². The molecule has 0 aliphatic rings. The average Bonchev–Trinajstić information content (AvgIpc) is 2.70. The van der Waals surface area contributed by atoms with E-state index in [1.807, 2.05) is 62.4 Å². The zero-order valence-electron chi connectivity index (χ0n) is 15.4. The Labute approximate surface area is 160 Å². The van der Waals surface area contributed by atoms with Crippen molar-refractivity contribution < 1.29 is 8.42 Å². The summed E-state index contributed by atoms with van der Waals surface area (Å²) in [5, 5.41) is 3.29. The molecule has 1 heterocycles. The number of benzene rings is 2. The monoisotopic (exact) mass is 381 g/mol. The molecule has 0 fully saturated rings. The van der Waals surface area contributed by atoms with Crippen molar-refractivity contribution in [3.05, 3.63) is 84.6 Å². The van der Waals surface area contributed by atoms with E-state index in [2.05, 4.69) is 10.3 Å². The van der Waals surface area contributed by atoms with Gasteiger partial charge in [0.1, 0.15) is 10.7 Å². The number of aromatic nitrogens is 1. The minimum Gasteiger partial charge on any atom is -0.364 e. The summed E-state index contributed by atoms with van der Waals surface area (Å²) in [6.07, 6.45) is 1.40. The van der Waals surface area contributed by atoms with Gasteiger partial charge in [0.15, 0.2) is 0 Å². The van der Waals surface area contributed by atoms with Gasteiger partial charge >= 0.3 is 0 Å². The molecule has 0 saturated carbocycles. The van der Waals surface area contributed by atoms with Crippen LogP contribution in [0, 0.1) is 0 Å². The Kier molecular flexibility index (Phi) is 5.76. The highest BCUT2D eigenvalue weighted by Gasteiger charge is 2.23. The van der Waals surface area contributed by atoms with E-state index in [4.69, 9.17) is 0 Å². The first-order valence-corrected chi connectivity index (χ1v) is 10.3. The Bertz CT molecular complexity index is 959. The lowest BCUT2D eigenvalue weighted by Gasteiger charge is -2.23. The summed E-state index contributed by atoms with van der Waals surface area (Å²) in [7, 11) is -3.66. The van der Waals surface area contributed by atoms with Crippen LogP contribution in [0.1, 0.15) is 25.5 Å². The zero-order chi connectivity index (χ0) is 19.3. The molecule has 0 aliphatic carbocycles. The average molecular weight is 382 g/mol. The maximum atomic E-state index is 13.0. The number of sulfonamides is 1. The number of pyridine rings is 1. The molecule has 1 N–H and O–H groups in total. The SMILES string of the molecule is CCN(c1ccccc1)S(=O)(=O)c1ccc(N[C@@H](C)c2ccccc2)nc1.